The Hall–Kier alpha value is -1.75. The number of benzene rings is 1. The zero-order valence-electron chi connectivity index (χ0n) is 14.1. The number of nitrogens with one attached hydrogen (secondary N) is 1. The molecular formula is C19H25NO3S. The van der Waals surface area contributed by atoms with E-state index < -0.39 is 0 Å². The summed E-state index contributed by atoms with van der Waals surface area (Å²) in [6.07, 6.45) is 8.54. The van der Waals surface area contributed by atoms with Gasteiger partial charge in [-0.15, -0.1) is 0 Å². The maximum atomic E-state index is 11.3. The molecule has 130 valence electrons. The third-order valence-corrected chi connectivity index (χ3v) is 5.68. The minimum Gasteiger partial charge on any atom is -0.494 e. The molecule has 1 saturated carbocycles. The lowest BCUT2D eigenvalue weighted by Crippen LogP contribution is -2.11. The first-order valence-corrected chi connectivity index (χ1v) is 9.57. The van der Waals surface area contributed by atoms with Crippen LogP contribution in [0.3, 0.4) is 0 Å². The van der Waals surface area contributed by atoms with Crippen molar-refractivity contribution in [1.29, 1.82) is 0 Å². The maximum Gasteiger partial charge on any atom is 0.307 e. The van der Waals surface area contributed by atoms with Crippen LogP contribution in [0.5, 0.6) is 11.6 Å². The van der Waals surface area contributed by atoms with Gasteiger partial charge in [0, 0.05) is 6.42 Å². The molecule has 1 aliphatic carbocycles. The minimum atomic E-state index is -0.220. The highest BCUT2D eigenvalue weighted by molar-refractivity contribution is 7.09. The molecule has 0 aliphatic heterocycles. The van der Waals surface area contributed by atoms with Gasteiger partial charge in [-0.05, 0) is 36.5 Å². The van der Waals surface area contributed by atoms with E-state index >= 15 is 0 Å². The predicted molar refractivity (Wildman–Crippen MR) is 97.3 cm³/mol. The molecule has 2 N–H and O–H groups in total. The molecule has 1 aliphatic rings. The lowest BCUT2D eigenvalue weighted by molar-refractivity contribution is 0.245. The molecule has 0 bridgehead atoms. The van der Waals surface area contributed by atoms with Crippen molar-refractivity contribution in [3.05, 3.63) is 43.9 Å². The number of aromatic nitrogens is 1. The Morgan fingerprint density at radius 1 is 1.29 bits per heavy atom. The Morgan fingerprint density at radius 3 is 2.75 bits per heavy atom. The zero-order valence-corrected chi connectivity index (χ0v) is 15.0. The molecule has 2 aromatic rings. The number of hydrogen-bond acceptors (Lipinski definition) is 4. The second-order valence-corrected chi connectivity index (χ2v) is 7.77. The highest BCUT2D eigenvalue weighted by Gasteiger charge is 2.14. The van der Waals surface area contributed by atoms with Crippen LogP contribution in [0.25, 0.3) is 0 Å². The van der Waals surface area contributed by atoms with Gasteiger partial charge in [0.05, 0.1) is 11.5 Å². The third-order valence-electron chi connectivity index (χ3n) is 4.81. The van der Waals surface area contributed by atoms with Crippen LogP contribution in [-0.2, 0) is 6.42 Å². The van der Waals surface area contributed by atoms with E-state index in [0.717, 1.165) is 47.2 Å². The van der Waals surface area contributed by atoms with E-state index in [1.807, 2.05) is 19.1 Å². The molecule has 5 heteroatoms. The summed E-state index contributed by atoms with van der Waals surface area (Å²) < 4.78 is 5.97. The molecule has 3 rings (SSSR count). The fourth-order valence-corrected chi connectivity index (χ4v) is 4.21. The average Bonchev–Trinajstić information content (AvgIpc) is 2.88. The molecule has 0 unspecified atom stereocenters. The van der Waals surface area contributed by atoms with Crippen molar-refractivity contribution in [3.63, 3.8) is 0 Å². The van der Waals surface area contributed by atoms with Crippen molar-refractivity contribution >= 4 is 11.3 Å². The van der Waals surface area contributed by atoms with Crippen LogP contribution < -0.4 is 9.61 Å². The molecule has 24 heavy (non-hydrogen) atoms. The fraction of sp³-hybridized carbons (Fsp3) is 0.526. The largest absolute Gasteiger partial charge is 0.494 e. The number of ether oxygens (including phenoxy) is 1. The SMILES string of the molecule is Cc1cc(Cc2sc(=O)[nH]c2O)ccc1OCCC1CCCCC1. The molecule has 1 aromatic heterocycles. The first-order valence-electron chi connectivity index (χ1n) is 8.75. The van der Waals surface area contributed by atoms with Crippen LogP contribution in [0, 0.1) is 12.8 Å². The first kappa shape index (κ1) is 17.1. The van der Waals surface area contributed by atoms with Gasteiger partial charge in [-0.25, -0.2) is 0 Å². The Balaban J connectivity index is 1.56. The highest BCUT2D eigenvalue weighted by Crippen LogP contribution is 2.28. The number of H-pyrrole nitrogens is 1. The van der Waals surface area contributed by atoms with E-state index in [1.165, 1.54) is 32.1 Å². The fourth-order valence-electron chi connectivity index (χ4n) is 3.45. The maximum absolute atomic E-state index is 11.3. The Morgan fingerprint density at radius 2 is 2.08 bits per heavy atom. The van der Waals surface area contributed by atoms with Gasteiger partial charge < -0.3 is 9.84 Å². The number of aromatic amines is 1. The second-order valence-electron chi connectivity index (χ2n) is 6.70. The highest BCUT2D eigenvalue weighted by atomic mass is 32.1. The summed E-state index contributed by atoms with van der Waals surface area (Å²) in [6, 6.07) is 6.07. The lowest BCUT2D eigenvalue weighted by Gasteiger charge is -2.21. The van der Waals surface area contributed by atoms with Gasteiger partial charge in [0.25, 0.3) is 0 Å². The van der Waals surface area contributed by atoms with Crippen LogP contribution in [0.4, 0.5) is 0 Å². The summed E-state index contributed by atoms with van der Waals surface area (Å²) in [5, 5.41) is 9.69. The molecule has 0 spiro atoms. The van der Waals surface area contributed by atoms with Crippen molar-refractivity contribution < 1.29 is 9.84 Å². The lowest BCUT2D eigenvalue weighted by atomic mass is 9.87. The van der Waals surface area contributed by atoms with Gasteiger partial charge in [-0.3, -0.25) is 9.78 Å². The standard InChI is InChI=1S/C19H25NO3S/c1-13-11-15(12-17-18(21)20-19(22)24-17)7-8-16(13)23-10-9-14-5-3-2-4-6-14/h7-8,11,14,21H,2-6,9-10,12H2,1H3,(H,20,22). The summed E-state index contributed by atoms with van der Waals surface area (Å²) in [5.74, 6) is 1.74. The van der Waals surface area contributed by atoms with Crippen LogP contribution in [0.1, 0.15) is 54.5 Å². The summed E-state index contributed by atoms with van der Waals surface area (Å²) in [6.45, 7) is 2.82. The molecule has 0 saturated heterocycles. The molecule has 4 nitrogen and oxygen atoms in total. The van der Waals surface area contributed by atoms with Crippen LogP contribution in [0.15, 0.2) is 23.0 Å². The smallest absolute Gasteiger partial charge is 0.307 e. The van der Waals surface area contributed by atoms with E-state index in [2.05, 4.69) is 11.1 Å². The first-order chi connectivity index (χ1) is 11.6. The van der Waals surface area contributed by atoms with Crippen LogP contribution in [-0.4, -0.2) is 16.7 Å². The summed E-state index contributed by atoms with van der Waals surface area (Å²) in [7, 11) is 0. The van der Waals surface area contributed by atoms with Gasteiger partial charge >= 0.3 is 4.87 Å². The van der Waals surface area contributed by atoms with Crippen LogP contribution in [0.2, 0.25) is 0 Å². The zero-order chi connectivity index (χ0) is 16.9. The van der Waals surface area contributed by atoms with E-state index in [-0.39, 0.29) is 10.8 Å². The summed E-state index contributed by atoms with van der Waals surface area (Å²) in [5.41, 5.74) is 2.16. The van der Waals surface area contributed by atoms with Gasteiger partial charge in [-0.2, -0.15) is 0 Å². The van der Waals surface area contributed by atoms with E-state index in [1.54, 1.807) is 0 Å². The topological polar surface area (TPSA) is 62.3 Å². The van der Waals surface area contributed by atoms with Gasteiger partial charge in [0.2, 0.25) is 5.88 Å². The second kappa shape index (κ2) is 7.88. The van der Waals surface area contributed by atoms with Crippen molar-refractivity contribution in [2.75, 3.05) is 6.61 Å². The molecule has 1 fully saturated rings. The monoisotopic (exact) mass is 347 g/mol. The number of rotatable bonds is 6. The van der Waals surface area contributed by atoms with Gasteiger partial charge in [0.15, 0.2) is 0 Å². The van der Waals surface area contributed by atoms with Gasteiger partial charge in [-0.1, -0.05) is 55.6 Å². The number of aromatic hydroxyl groups is 1. The Kier molecular flexibility index (Phi) is 5.61. The quantitative estimate of drug-likeness (QED) is 0.814. The van der Waals surface area contributed by atoms with Crippen molar-refractivity contribution in [2.24, 2.45) is 5.92 Å². The Bertz CT molecular complexity index is 728. The third kappa shape index (κ3) is 4.41. The summed E-state index contributed by atoms with van der Waals surface area (Å²) in [4.78, 5) is 14.1. The predicted octanol–water partition coefficient (Wildman–Crippen LogP) is 4.39. The normalized spacial score (nSPS) is 15.5. The molecule has 0 radical (unpaired) electrons. The molecule has 0 amide bonds. The van der Waals surface area contributed by atoms with Crippen molar-refractivity contribution in [3.8, 4) is 11.6 Å². The molecular weight excluding hydrogens is 322 g/mol. The number of hydrogen-bond donors (Lipinski definition) is 2. The van der Waals surface area contributed by atoms with Crippen LogP contribution >= 0.6 is 11.3 Å². The van der Waals surface area contributed by atoms with E-state index in [9.17, 15) is 9.90 Å². The Labute approximate surface area is 146 Å². The summed E-state index contributed by atoms with van der Waals surface area (Å²) >= 11 is 1.06. The minimum absolute atomic E-state index is 0.0181. The molecule has 1 heterocycles. The number of aryl methyl sites for hydroxylation is 1. The molecule has 1 aromatic carbocycles. The van der Waals surface area contributed by atoms with Gasteiger partial charge in [0.1, 0.15) is 5.75 Å². The van der Waals surface area contributed by atoms with Crippen molar-refractivity contribution in [1.82, 2.24) is 4.98 Å². The van der Waals surface area contributed by atoms with E-state index in [4.69, 9.17) is 4.74 Å². The number of thiazole rings is 1. The average molecular weight is 347 g/mol. The van der Waals surface area contributed by atoms with E-state index in [0.29, 0.717) is 11.3 Å². The molecule has 0 atom stereocenters. The van der Waals surface area contributed by atoms with Crippen molar-refractivity contribution in [2.45, 2.75) is 51.9 Å².